The van der Waals surface area contributed by atoms with Crippen molar-refractivity contribution >= 4 is 33.2 Å². The van der Waals surface area contributed by atoms with Crippen LogP contribution in [0.15, 0.2) is 41.4 Å². The Labute approximate surface area is 127 Å². The Morgan fingerprint density at radius 2 is 1.95 bits per heavy atom. The third-order valence-corrected chi connectivity index (χ3v) is 4.85. The minimum absolute atomic E-state index is 0.0134. The molecular formula is C13H12Cl2N2O2S. The summed E-state index contributed by atoms with van der Waals surface area (Å²) in [6.07, 6.45) is 1.17. The topological polar surface area (TPSA) is 59.1 Å². The maximum atomic E-state index is 12.1. The Morgan fingerprint density at radius 3 is 2.60 bits per heavy atom. The third-order valence-electron chi connectivity index (χ3n) is 2.80. The normalized spacial score (nSPS) is 11.6. The van der Waals surface area contributed by atoms with Crippen LogP contribution < -0.4 is 4.72 Å². The average molecular weight is 331 g/mol. The van der Waals surface area contributed by atoms with Crippen molar-refractivity contribution in [3.8, 4) is 0 Å². The van der Waals surface area contributed by atoms with Crippen LogP contribution in [0, 0.1) is 6.92 Å². The van der Waals surface area contributed by atoms with Crippen LogP contribution in [0.1, 0.15) is 11.1 Å². The predicted molar refractivity (Wildman–Crippen MR) is 79.5 cm³/mol. The van der Waals surface area contributed by atoms with Crippen LogP contribution in [0.25, 0.3) is 0 Å². The van der Waals surface area contributed by atoms with Gasteiger partial charge in [0, 0.05) is 12.7 Å². The SMILES string of the molecule is Cc1ccccc1CNS(=O)(=O)c1cnc(Cl)c(Cl)c1. The van der Waals surface area contributed by atoms with Gasteiger partial charge in [-0.05, 0) is 24.1 Å². The van der Waals surface area contributed by atoms with E-state index in [2.05, 4.69) is 9.71 Å². The number of aryl methyl sites for hydroxylation is 1. The van der Waals surface area contributed by atoms with Gasteiger partial charge in [0.25, 0.3) is 0 Å². The summed E-state index contributed by atoms with van der Waals surface area (Å²) in [6.45, 7) is 2.12. The van der Waals surface area contributed by atoms with Gasteiger partial charge in [-0.25, -0.2) is 18.1 Å². The van der Waals surface area contributed by atoms with Crippen LogP contribution in [-0.2, 0) is 16.6 Å². The van der Waals surface area contributed by atoms with Gasteiger partial charge < -0.3 is 0 Å². The van der Waals surface area contributed by atoms with E-state index < -0.39 is 10.0 Å². The molecule has 0 saturated carbocycles. The Hall–Kier alpha value is -1.14. The summed E-state index contributed by atoms with van der Waals surface area (Å²) in [5.41, 5.74) is 1.92. The van der Waals surface area contributed by atoms with E-state index in [1.807, 2.05) is 31.2 Å². The lowest BCUT2D eigenvalue weighted by atomic mass is 10.1. The zero-order valence-electron chi connectivity index (χ0n) is 10.6. The monoisotopic (exact) mass is 330 g/mol. The molecule has 0 aliphatic rings. The lowest BCUT2D eigenvalue weighted by molar-refractivity contribution is 0.581. The number of hydrogen-bond acceptors (Lipinski definition) is 3. The minimum Gasteiger partial charge on any atom is -0.242 e. The highest BCUT2D eigenvalue weighted by Crippen LogP contribution is 2.22. The van der Waals surface area contributed by atoms with Crippen molar-refractivity contribution in [1.29, 1.82) is 0 Å². The van der Waals surface area contributed by atoms with E-state index in [4.69, 9.17) is 23.2 Å². The summed E-state index contributed by atoms with van der Waals surface area (Å²) in [5, 5.41) is 0.176. The van der Waals surface area contributed by atoms with Gasteiger partial charge in [0.05, 0.1) is 5.02 Å². The molecule has 0 unspecified atom stereocenters. The molecular weight excluding hydrogens is 319 g/mol. The number of halogens is 2. The van der Waals surface area contributed by atoms with Crippen LogP contribution in [0.3, 0.4) is 0 Å². The molecule has 1 N–H and O–H groups in total. The third kappa shape index (κ3) is 3.49. The van der Waals surface area contributed by atoms with Crippen molar-refractivity contribution in [1.82, 2.24) is 9.71 Å². The van der Waals surface area contributed by atoms with Crippen molar-refractivity contribution < 1.29 is 8.42 Å². The number of nitrogens with zero attached hydrogens (tertiary/aromatic N) is 1. The molecule has 106 valence electrons. The van der Waals surface area contributed by atoms with Crippen LogP contribution in [0.5, 0.6) is 0 Å². The summed E-state index contributed by atoms with van der Waals surface area (Å²) in [6, 6.07) is 8.82. The number of benzene rings is 1. The molecule has 1 aromatic heterocycles. The molecule has 0 aliphatic carbocycles. The summed E-state index contributed by atoms with van der Waals surface area (Å²) >= 11 is 11.4. The summed E-state index contributed by atoms with van der Waals surface area (Å²) in [4.78, 5) is 3.72. The van der Waals surface area contributed by atoms with Gasteiger partial charge in [0.2, 0.25) is 10.0 Å². The zero-order chi connectivity index (χ0) is 14.8. The highest BCUT2D eigenvalue weighted by Gasteiger charge is 2.16. The fourth-order valence-electron chi connectivity index (χ4n) is 1.62. The molecule has 0 saturated heterocycles. The highest BCUT2D eigenvalue weighted by atomic mass is 35.5. The first-order valence-corrected chi connectivity index (χ1v) is 7.99. The first-order valence-electron chi connectivity index (χ1n) is 5.75. The lowest BCUT2D eigenvalue weighted by Crippen LogP contribution is -2.23. The van der Waals surface area contributed by atoms with E-state index in [1.165, 1.54) is 12.3 Å². The van der Waals surface area contributed by atoms with Crippen molar-refractivity contribution in [3.05, 3.63) is 57.8 Å². The molecule has 0 amide bonds. The van der Waals surface area contributed by atoms with Gasteiger partial charge in [-0.15, -0.1) is 0 Å². The van der Waals surface area contributed by atoms with E-state index in [9.17, 15) is 8.42 Å². The highest BCUT2D eigenvalue weighted by molar-refractivity contribution is 7.89. The van der Waals surface area contributed by atoms with E-state index in [-0.39, 0.29) is 21.6 Å². The second-order valence-electron chi connectivity index (χ2n) is 4.19. The van der Waals surface area contributed by atoms with Gasteiger partial charge >= 0.3 is 0 Å². The summed E-state index contributed by atoms with van der Waals surface area (Å²) in [7, 11) is -3.67. The molecule has 0 spiro atoms. The lowest BCUT2D eigenvalue weighted by Gasteiger charge is -2.09. The van der Waals surface area contributed by atoms with Gasteiger partial charge in [-0.2, -0.15) is 0 Å². The Bertz CT molecular complexity index is 733. The number of nitrogens with one attached hydrogen (secondary N) is 1. The van der Waals surface area contributed by atoms with Gasteiger partial charge in [0.1, 0.15) is 10.0 Å². The molecule has 0 aliphatic heterocycles. The second-order valence-corrected chi connectivity index (χ2v) is 6.73. The van der Waals surface area contributed by atoms with Crippen LogP contribution in [0.2, 0.25) is 10.2 Å². The number of hydrogen-bond donors (Lipinski definition) is 1. The van der Waals surface area contributed by atoms with E-state index >= 15 is 0 Å². The molecule has 1 heterocycles. The maximum absolute atomic E-state index is 12.1. The van der Waals surface area contributed by atoms with Crippen molar-refractivity contribution in [2.75, 3.05) is 0 Å². The predicted octanol–water partition coefficient (Wildman–Crippen LogP) is 3.18. The van der Waals surface area contributed by atoms with Crippen LogP contribution in [0.4, 0.5) is 0 Å². The molecule has 0 radical (unpaired) electrons. The Morgan fingerprint density at radius 1 is 1.25 bits per heavy atom. The summed E-state index contributed by atoms with van der Waals surface area (Å²) in [5.74, 6) is 0. The molecule has 0 bridgehead atoms. The van der Waals surface area contributed by atoms with Gasteiger partial charge in [-0.3, -0.25) is 0 Å². The molecule has 7 heteroatoms. The number of rotatable bonds is 4. The summed E-state index contributed by atoms with van der Waals surface area (Å²) < 4.78 is 26.8. The second kappa shape index (κ2) is 6.10. The molecule has 20 heavy (non-hydrogen) atoms. The molecule has 0 atom stereocenters. The van der Waals surface area contributed by atoms with Crippen molar-refractivity contribution in [2.24, 2.45) is 0 Å². The largest absolute Gasteiger partial charge is 0.242 e. The molecule has 4 nitrogen and oxygen atoms in total. The minimum atomic E-state index is -3.67. The molecule has 1 aromatic carbocycles. The van der Waals surface area contributed by atoms with Gasteiger partial charge in [-0.1, -0.05) is 47.5 Å². The Balaban J connectivity index is 2.19. The maximum Gasteiger partial charge on any atom is 0.242 e. The fourth-order valence-corrected chi connectivity index (χ4v) is 2.93. The van der Waals surface area contributed by atoms with E-state index in [0.717, 1.165) is 11.1 Å². The number of pyridine rings is 1. The first-order chi connectivity index (χ1) is 9.40. The van der Waals surface area contributed by atoms with E-state index in [0.29, 0.717) is 0 Å². The van der Waals surface area contributed by atoms with Crippen molar-refractivity contribution in [2.45, 2.75) is 18.4 Å². The Kier molecular flexibility index (Phi) is 4.65. The first kappa shape index (κ1) is 15.3. The number of sulfonamides is 1. The molecule has 2 rings (SSSR count). The van der Waals surface area contributed by atoms with Gasteiger partial charge in [0.15, 0.2) is 0 Å². The fraction of sp³-hybridized carbons (Fsp3) is 0.154. The smallest absolute Gasteiger partial charge is 0.242 e. The average Bonchev–Trinajstić information content (AvgIpc) is 2.41. The van der Waals surface area contributed by atoms with Crippen LogP contribution in [-0.4, -0.2) is 13.4 Å². The molecule has 2 aromatic rings. The number of aromatic nitrogens is 1. The molecule has 0 fully saturated rings. The quantitative estimate of drug-likeness (QED) is 0.876. The van der Waals surface area contributed by atoms with Crippen molar-refractivity contribution in [3.63, 3.8) is 0 Å². The zero-order valence-corrected chi connectivity index (χ0v) is 12.9. The van der Waals surface area contributed by atoms with E-state index in [1.54, 1.807) is 0 Å². The van der Waals surface area contributed by atoms with Crippen LogP contribution >= 0.6 is 23.2 Å². The standard InChI is InChI=1S/C13H12Cl2N2O2S/c1-9-4-2-3-5-10(9)7-17-20(18,19)11-6-12(14)13(15)16-8-11/h2-6,8,17H,7H2,1H3.